The van der Waals surface area contributed by atoms with E-state index in [-0.39, 0.29) is 6.03 Å². The van der Waals surface area contributed by atoms with Gasteiger partial charge in [0.1, 0.15) is 0 Å². The Balaban J connectivity index is 1.92. The third-order valence-corrected chi connectivity index (χ3v) is 4.48. The van der Waals surface area contributed by atoms with Crippen molar-refractivity contribution in [1.29, 1.82) is 0 Å². The molecule has 2 amide bonds. The molecule has 2 fully saturated rings. The monoisotopic (exact) mass is 283 g/mol. The van der Waals surface area contributed by atoms with E-state index in [4.69, 9.17) is 5.11 Å². The van der Waals surface area contributed by atoms with Gasteiger partial charge in [0, 0.05) is 38.8 Å². The quantitative estimate of drug-likeness (QED) is 0.819. The number of carbonyl (C=O) groups excluding carboxylic acids is 1. The van der Waals surface area contributed by atoms with Gasteiger partial charge in [0.15, 0.2) is 0 Å². The summed E-state index contributed by atoms with van der Waals surface area (Å²) in [4.78, 5) is 29.5. The first-order chi connectivity index (χ1) is 9.52. The van der Waals surface area contributed by atoms with E-state index in [0.29, 0.717) is 25.6 Å². The van der Waals surface area contributed by atoms with Gasteiger partial charge in [0.2, 0.25) is 0 Å². The smallest absolute Gasteiger partial charge is 0.320 e. The zero-order valence-corrected chi connectivity index (χ0v) is 12.4. The maximum Gasteiger partial charge on any atom is 0.320 e. The lowest BCUT2D eigenvalue weighted by atomic mass is 9.98. The van der Waals surface area contributed by atoms with Crippen molar-refractivity contribution < 1.29 is 14.7 Å². The first-order valence-electron chi connectivity index (χ1n) is 7.53. The number of rotatable bonds is 2. The summed E-state index contributed by atoms with van der Waals surface area (Å²) in [7, 11) is 0. The molecular weight excluding hydrogens is 258 g/mol. The first-order valence-corrected chi connectivity index (χ1v) is 7.53. The van der Waals surface area contributed by atoms with E-state index < -0.39 is 11.9 Å². The summed E-state index contributed by atoms with van der Waals surface area (Å²) >= 11 is 0. The molecule has 20 heavy (non-hydrogen) atoms. The summed E-state index contributed by atoms with van der Waals surface area (Å²) in [6.45, 7) is 8.70. The first kappa shape index (κ1) is 15.1. The SMILES string of the molecule is CCN1CCN(C(=O)N2CCC[C@H](C(=O)O)C2)CC1C. The Bertz CT molecular complexity index is 375. The summed E-state index contributed by atoms with van der Waals surface area (Å²) < 4.78 is 0. The van der Waals surface area contributed by atoms with E-state index in [2.05, 4.69) is 18.7 Å². The number of carbonyl (C=O) groups is 2. The lowest BCUT2D eigenvalue weighted by molar-refractivity contribution is -0.143. The normalized spacial score (nSPS) is 28.5. The fourth-order valence-corrected chi connectivity index (χ4v) is 3.19. The standard InChI is InChI=1S/C14H25N3O3/c1-3-15-7-8-17(9-11(15)2)14(20)16-6-4-5-12(10-16)13(18)19/h11-12H,3-10H2,1-2H3,(H,18,19)/t11?,12-/m0/s1. The van der Waals surface area contributed by atoms with Crippen LogP contribution in [0.2, 0.25) is 0 Å². The van der Waals surface area contributed by atoms with Gasteiger partial charge in [0.25, 0.3) is 0 Å². The molecule has 2 aliphatic rings. The Morgan fingerprint density at radius 1 is 1.15 bits per heavy atom. The van der Waals surface area contributed by atoms with Gasteiger partial charge >= 0.3 is 12.0 Å². The molecule has 0 aromatic rings. The van der Waals surface area contributed by atoms with E-state index in [1.54, 1.807) is 4.90 Å². The Morgan fingerprint density at radius 3 is 2.45 bits per heavy atom. The number of aliphatic carboxylic acids is 1. The van der Waals surface area contributed by atoms with Crippen molar-refractivity contribution in [3.63, 3.8) is 0 Å². The number of likely N-dealkylation sites (tertiary alicyclic amines) is 1. The van der Waals surface area contributed by atoms with Crippen molar-refractivity contribution >= 4 is 12.0 Å². The van der Waals surface area contributed by atoms with Crippen molar-refractivity contribution in [3.8, 4) is 0 Å². The van der Waals surface area contributed by atoms with Crippen molar-refractivity contribution in [2.45, 2.75) is 32.7 Å². The number of piperazine rings is 1. The summed E-state index contributed by atoms with van der Waals surface area (Å²) in [5.74, 6) is -1.19. The minimum atomic E-state index is -0.785. The van der Waals surface area contributed by atoms with Crippen LogP contribution in [0, 0.1) is 5.92 Å². The number of hydrogen-bond acceptors (Lipinski definition) is 3. The zero-order valence-electron chi connectivity index (χ0n) is 12.4. The number of nitrogens with zero attached hydrogens (tertiary/aromatic N) is 3. The predicted molar refractivity (Wildman–Crippen MR) is 75.6 cm³/mol. The van der Waals surface area contributed by atoms with Crippen molar-refractivity contribution in [3.05, 3.63) is 0 Å². The minimum Gasteiger partial charge on any atom is -0.481 e. The molecule has 2 aliphatic heterocycles. The van der Waals surface area contributed by atoms with Gasteiger partial charge in [-0.05, 0) is 26.3 Å². The Kier molecular flexibility index (Phi) is 4.86. The average Bonchev–Trinajstić information content (AvgIpc) is 2.46. The lowest BCUT2D eigenvalue weighted by Gasteiger charge is -2.42. The number of likely N-dealkylation sites (N-methyl/N-ethyl adjacent to an activating group) is 1. The molecular formula is C14H25N3O3. The number of piperidine rings is 1. The highest BCUT2D eigenvalue weighted by molar-refractivity contribution is 5.76. The average molecular weight is 283 g/mol. The number of urea groups is 1. The lowest BCUT2D eigenvalue weighted by Crippen LogP contribution is -2.57. The second-order valence-corrected chi connectivity index (χ2v) is 5.83. The van der Waals surface area contributed by atoms with E-state index in [1.165, 1.54) is 0 Å². The molecule has 2 heterocycles. The Labute approximate surface area is 120 Å². The van der Waals surface area contributed by atoms with Crippen LogP contribution in [0.3, 0.4) is 0 Å². The molecule has 6 nitrogen and oxygen atoms in total. The van der Waals surface area contributed by atoms with Crippen LogP contribution < -0.4 is 0 Å². The molecule has 1 N–H and O–H groups in total. The molecule has 6 heteroatoms. The fourth-order valence-electron chi connectivity index (χ4n) is 3.19. The van der Waals surface area contributed by atoms with Gasteiger partial charge in [-0.1, -0.05) is 6.92 Å². The van der Waals surface area contributed by atoms with Gasteiger partial charge < -0.3 is 14.9 Å². The number of amides is 2. The van der Waals surface area contributed by atoms with Crippen molar-refractivity contribution in [2.75, 3.05) is 39.3 Å². The van der Waals surface area contributed by atoms with Crippen LogP contribution in [0.25, 0.3) is 0 Å². The third-order valence-electron chi connectivity index (χ3n) is 4.48. The molecule has 0 radical (unpaired) electrons. The topological polar surface area (TPSA) is 64.1 Å². The molecule has 0 bridgehead atoms. The second kappa shape index (κ2) is 6.43. The number of carboxylic acids is 1. The van der Waals surface area contributed by atoms with Gasteiger partial charge in [-0.25, -0.2) is 4.79 Å². The van der Waals surface area contributed by atoms with Crippen LogP contribution in [0.5, 0.6) is 0 Å². The largest absolute Gasteiger partial charge is 0.481 e. The van der Waals surface area contributed by atoms with Crippen LogP contribution in [0.1, 0.15) is 26.7 Å². The molecule has 2 saturated heterocycles. The molecule has 2 atom stereocenters. The number of hydrogen-bond donors (Lipinski definition) is 1. The Hall–Kier alpha value is -1.30. The van der Waals surface area contributed by atoms with Crippen LogP contribution >= 0.6 is 0 Å². The summed E-state index contributed by atoms with van der Waals surface area (Å²) in [6.07, 6.45) is 1.46. The molecule has 2 rings (SSSR count). The summed E-state index contributed by atoms with van der Waals surface area (Å²) in [5.41, 5.74) is 0. The molecule has 0 aromatic heterocycles. The van der Waals surface area contributed by atoms with Crippen LogP contribution in [0.15, 0.2) is 0 Å². The molecule has 0 aromatic carbocycles. The maximum absolute atomic E-state index is 12.5. The van der Waals surface area contributed by atoms with Gasteiger partial charge in [0.05, 0.1) is 5.92 Å². The number of carboxylic acid groups (broad SMARTS) is 1. The van der Waals surface area contributed by atoms with E-state index in [9.17, 15) is 9.59 Å². The van der Waals surface area contributed by atoms with Gasteiger partial charge in [-0.2, -0.15) is 0 Å². The highest BCUT2D eigenvalue weighted by Crippen LogP contribution is 2.19. The highest BCUT2D eigenvalue weighted by Gasteiger charge is 2.33. The predicted octanol–water partition coefficient (Wildman–Crippen LogP) is 0.929. The summed E-state index contributed by atoms with van der Waals surface area (Å²) in [5, 5.41) is 9.10. The van der Waals surface area contributed by atoms with E-state index in [1.807, 2.05) is 4.90 Å². The molecule has 0 saturated carbocycles. The molecule has 0 aliphatic carbocycles. The second-order valence-electron chi connectivity index (χ2n) is 5.83. The van der Waals surface area contributed by atoms with Crippen LogP contribution in [-0.4, -0.2) is 77.1 Å². The van der Waals surface area contributed by atoms with Gasteiger partial charge in [-0.15, -0.1) is 0 Å². The van der Waals surface area contributed by atoms with E-state index in [0.717, 1.165) is 32.6 Å². The van der Waals surface area contributed by atoms with Crippen molar-refractivity contribution in [1.82, 2.24) is 14.7 Å². The maximum atomic E-state index is 12.5. The fraction of sp³-hybridized carbons (Fsp3) is 0.857. The van der Waals surface area contributed by atoms with Crippen molar-refractivity contribution in [2.24, 2.45) is 5.92 Å². The van der Waals surface area contributed by atoms with Crippen LogP contribution in [-0.2, 0) is 4.79 Å². The molecule has 114 valence electrons. The van der Waals surface area contributed by atoms with Gasteiger partial charge in [-0.3, -0.25) is 9.69 Å². The van der Waals surface area contributed by atoms with Crippen LogP contribution in [0.4, 0.5) is 4.79 Å². The highest BCUT2D eigenvalue weighted by atomic mass is 16.4. The molecule has 0 spiro atoms. The Morgan fingerprint density at radius 2 is 1.85 bits per heavy atom. The molecule has 1 unspecified atom stereocenters. The summed E-state index contributed by atoms with van der Waals surface area (Å²) in [6, 6.07) is 0.385. The van der Waals surface area contributed by atoms with E-state index >= 15 is 0 Å². The third kappa shape index (κ3) is 3.23. The minimum absolute atomic E-state index is 0.0125. The zero-order chi connectivity index (χ0) is 14.7.